The summed E-state index contributed by atoms with van der Waals surface area (Å²) >= 11 is 0. The number of amides is 2. The second-order valence-corrected chi connectivity index (χ2v) is 5.71. The quantitative estimate of drug-likeness (QED) is 0.707. The van der Waals surface area contributed by atoms with Crippen LogP contribution in [0.15, 0.2) is 65.5 Å². The summed E-state index contributed by atoms with van der Waals surface area (Å²) in [6.07, 6.45) is 0. The average molecular weight is 384 g/mol. The van der Waals surface area contributed by atoms with Crippen LogP contribution >= 0.6 is 0 Å². The molecule has 0 aliphatic heterocycles. The van der Waals surface area contributed by atoms with Crippen molar-refractivity contribution in [3.8, 4) is 0 Å². The molecule has 2 N–H and O–H groups in total. The maximum Gasteiger partial charge on any atom is 0.276 e. The summed E-state index contributed by atoms with van der Waals surface area (Å²) in [6.45, 7) is -0.582. The molecule has 0 aliphatic carbocycles. The summed E-state index contributed by atoms with van der Waals surface area (Å²) in [5, 5.41) is 8.62. The van der Waals surface area contributed by atoms with E-state index in [4.69, 9.17) is 0 Å². The number of rotatable bonds is 5. The van der Waals surface area contributed by atoms with Crippen LogP contribution < -0.4 is 16.2 Å². The molecule has 2 amide bonds. The summed E-state index contributed by atoms with van der Waals surface area (Å²) in [5.74, 6) is -2.94. The molecular weight excluding hydrogens is 370 g/mol. The highest BCUT2D eigenvalue weighted by molar-refractivity contribution is 6.02. The number of hydrogen-bond donors (Lipinski definition) is 2. The van der Waals surface area contributed by atoms with Gasteiger partial charge in [-0.15, -0.1) is 0 Å². The van der Waals surface area contributed by atoms with Gasteiger partial charge in [-0.05, 0) is 30.3 Å². The Labute approximate surface area is 157 Å². The lowest BCUT2D eigenvalue weighted by molar-refractivity contribution is -0.117. The SMILES string of the molecule is O=C(Cn1nc(C(=O)Nc2ccccc2)ccc1=O)Nc1cc(F)ccc1F. The summed E-state index contributed by atoms with van der Waals surface area (Å²) in [4.78, 5) is 36.2. The molecule has 9 heteroatoms. The van der Waals surface area contributed by atoms with Crippen LogP contribution in [0.3, 0.4) is 0 Å². The van der Waals surface area contributed by atoms with E-state index in [9.17, 15) is 23.2 Å². The number of nitrogens with zero attached hydrogens (tertiary/aromatic N) is 2. The molecule has 3 rings (SSSR count). The maximum atomic E-state index is 13.6. The van der Waals surface area contributed by atoms with E-state index in [1.165, 1.54) is 6.07 Å². The second-order valence-electron chi connectivity index (χ2n) is 5.71. The number of carbonyl (C=O) groups excluding carboxylic acids is 2. The third-order valence-electron chi connectivity index (χ3n) is 3.63. The zero-order chi connectivity index (χ0) is 20.1. The molecule has 0 unspecified atom stereocenters. The first-order chi connectivity index (χ1) is 13.4. The van der Waals surface area contributed by atoms with Crippen LogP contribution in [0.4, 0.5) is 20.2 Å². The van der Waals surface area contributed by atoms with Crippen LogP contribution in [0.1, 0.15) is 10.5 Å². The lowest BCUT2D eigenvalue weighted by atomic mass is 10.3. The molecule has 142 valence electrons. The molecule has 2 aromatic carbocycles. The van der Waals surface area contributed by atoms with Crippen molar-refractivity contribution >= 4 is 23.2 Å². The Morgan fingerprint density at radius 3 is 2.46 bits per heavy atom. The molecule has 0 saturated carbocycles. The highest BCUT2D eigenvalue weighted by Crippen LogP contribution is 2.15. The molecule has 0 fully saturated rings. The molecular formula is C19H14F2N4O3. The van der Waals surface area contributed by atoms with Crippen LogP contribution in [-0.2, 0) is 11.3 Å². The fourth-order valence-electron chi connectivity index (χ4n) is 2.32. The molecule has 0 saturated heterocycles. The largest absolute Gasteiger partial charge is 0.322 e. The van der Waals surface area contributed by atoms with E-state index in [0.29, 0.717) is 5.69 Å². The van der Waals surface area contributed by atoms with Gasteiger partial charge in [0.25, 0.3) is 11.5 Å². The molecule has 0 atom stereocenters. The zero-order valence-corrected chi connectivity index (χ0v) is 14.4. The van der Waals surface area contributed by atoms with Crippen molar-refractivity contribution < 1.29 is 18.4 Å². The van der Waals surface area contributed by atoms with Crippen molar-refractivity contribution in [2.45, 2.75) is 6.54 Å². The zero-order valence-electron chi connectivity index (χ0n) is 14.4. The maximum absolute atomic E-state index is 13.6. The number of carbonyl (C=O) groups is 2. The lowest BCUT2D eigenvalue weighted by Gasteiger charge is -2.09. The molecule has 7 nitrogen and oxygen atoms in total. The first kappa shape index (κ1) is 18.9. The van der Waals surface area contributed by atoms with Gasteiger partial charge >= 0.3 is 0 Å². The Balaban J connectivity index is 1.74. The van der Waals surface area contributed by atoms with Crippen molar-refractivity contribution in [2.24, 2.45) is 0 Å². The van der Waals surface area contributed by atoms with Gasteiger partial charge < -0.3 is 10.6 Å². The normalized spacial score (nSPS) is 10.4. The predicted octanol–water partition coefficient (Wildman–Crippen LogP) is 2.41. The average Bonchev–Trinajstić information content (AvgIpc) is 2.67. The standard InChI is InChI=1S/C19H14F2N4O3/c20-12-6-7-14(21)16(10-12)23-17(26)11-25-18(27)9-8-15(24-25)19(28)22-13-4-2-1-3-5-13/h1-10H,11H2,(H,22,28)(H,23,26). The van der Waals surface area contributed by atoms with Crippen LogP contribution in [0.2, 0.25) is 0 Å². The third-order valence-corrected chi connectivity index (χ3v) is 3.63. The third kappa shape index (κ3) is 4.64. The summed E-state index contributed by atoms with van der Waals surface area (Å²) in [7, 11) is 0. The molecule has 0 aliphatic rings. The van der Waals surface area contributed by atoms with Gasteiger partial charge in [0.05, 0.1) is 5.69 Å². The van der Waals surface area contributed by atoms with Crippen molar-refractivity contribution in [1.82, 2.24) is 9.78 Å². The number of nitrogens with one attached hydrogen (secondary N) is 2. The minimum Gasteiger partial charge on any atom is -0.322 e. The fourth-order valence-corrected chi connectivity index (χ4v) is 2.32. The smallest absolute Gasteiger partial charge is 0.276 e. The number of halogens is 2. The Bertz CT molecular complexity index is 1080. The number of anilines is 2. The van der Waals surface area contributed by atoms with E-state index >= 15 is 0 Å². The van der Waals surface area contributed by atoms with Gasteiger partial charge in [-0.1, -0.05) is 18.2 Å². The van der Waals surface area contributed by atoms with E-state index < -0.39 is 35.6 Å². The minimum atomic E-state index is -0.828. The number of hydrogen-bond acceptors (Lipinski definition) is 4. The van der Waals surface area contributed by atoms with E-state index in [2.05, 4.69) is 15.7 Å². The second kappa shape index (κ2) is 8.21. The Kier molecular flexibility index (Phi) is 5.54. The molecule has 0 bridgehead atoms. The molecule has 1 aromatic heterocycles. The van der Waals surface area contributed by atoms with Gasteiger partial charge in [0.2, 0.25) is 5.91 Å². The van der Waals surface area contributed by atoms with Gasteiger partial charge in [0, 0.05) is 17.8 Å². The summed E-state index contributed by atoms with van der Waals surface area (Å²) in [5.41, 5.74) is -0.554. The van der Waals surface area contributed by atoms with Gasteiger partial charge in [0.15, 0.2) is 0 Å². The Morgan fingerprint density at radius 1 is 0.964 bits per heavy atom. The van der Waals surface area contributed by atoms with Crippen molar-refractivity contribution in [3.63, 3.8) is 0 Å². The Morgan fingerprint density at radius 2 is 1.71 bits per heavy atom. The van der Waals surface area contributed by atoms with Crippen LogP contribution in [0.25, 0.3) is 0 Å². The van der Waals surface area contributed by atoms with Gasteiger partial charge in [-0.2, -0.15) is 5.10 Å². The highest BCUT2D eigenvalue weighted by Gasteiger charge is 2.13. The fraction of sp³-hybridized carbons (Fsp3) is 0.0526. The van der Waals surface area contributed by atoms with Crippen molar-refractivity contribution in [3.05, 3.63) is 88.3 Å². The first-order valence-electron chi connectivity index (χ1n) is 8.12. The minimum absolute atomic E-state index is 0.0896. The van der Waals surface area contributed by atoms with Crippen LogP contribution in [-0.4, -0.2) is 21.6 Å². The van der Waals surface area contributed by atoms with Gasteiger partial charge in [0.1, 0.15) is 23.9 Å². The van der Waals surface area contributed by atoms with E-state index in [1.54, 1.807) is 30.3 Å². The summed E-state index contributed by atoms with van der Waals surface area (Å²) in [6, 6.07) is 13.5. The van der Waals surface area contributed by atoms with Crippen LogP contribution in [0.5, 0.6) is 0 Å². The molecule has 1 heterocycles. The monoisotopic (exact) mass is 384 g/mol. The van der Waals surface area contributed by atoms with Gasteiger partial charge in [-0.25, -0.2) is 13.5 Å². The molecule has 3 aromatic rings. The van der Waals surface area contributed by atoms with Gasteiger partial charge in [-0.3, -0.25) is 14.4 Å². The highest BCUT2D eigenvalue weighted by atomic mass is 19.1. The number of aromatic nitrogens is 2. The lowest BCUT2D eigenvalue weighted by Crippen LogP contribution is -2.31. The summed E-state index contributed by atoms with van der Waals surface area (Å²) < 4.78 is 27.5. The molecule has 0 spiro atoms. The van der Waals surface area contributed by atoms with E-state index in [1.807, 2.05) is 0 Å². The first-order valence-corrected chi connectivity index (χ1v) is 8.12. The number of para-hydroxylation sites is 1. The van der Waals surface area contributed by atoms with Crippen LogP contribution in [0, 0.1) is 11.6 Å². The van der Waals surface area contributed by atoms with Crippen molar-refractivity contribution in [2.75, 3.05) is 10.6 Å². The van der Waals surface area contributed by atoms with E-state index in [0.717, 1.165) is 28.9 Å². The van der Waals surface area contributed by atoms with Crippen molar-refractivity contribution in [1.29, 1.82) is 0 Å². The van der Waals surface area contributed by atoms with E-state index in [-0.39, 0.29) is 11.4 Å². The Hall–Kier alpha value is -3.88. The number of benzene rings is 2. The molecule has 28 heavy (non-hydrogen) atoms. The predicted molar refractivity (Wildman–Crippen MR) is 97.9 cm³/mol. The topological polar surface area (TPSA) is 93.1 Å². The molecule has 0 radical (unpaired) electrons.